The molecule has 0 saturated heterocycles. The number of pyridine rings is 1. The minimum atomic E-state index is -0.403. The predicted molar refractivity (Wildman–Crippen MR) is 141 cm³/mol. The van der Waals surface area contributed by atoms with Gasteiger partial charge in [0.2, 0.25) is 11.8 Å². The lowest BCUT2D eigenvalue weighted by Gasteiger charge is -2.37. The second-order valence-corrected chi connectivity index (χ2v) is 9.69. The molecular weight excluding hydrogens is 472 g/mol. The average Bonchev–Trinajstić information content (AvgIpc) is 2.88. The number of rotatable bonds is 7. The van der Waals surface area contributed by atoms with Crippen molar-refractivity contribution >= 4 is 11.8 Å². The predicted octanol–water partition coefficient (Wildman–Crippen LogP) is 1.73. The number of aliphatic hydroxyl groups excluding tert-OH is 1. The van der Waals surface area contributed by atoms with Gasteiger partial charge in [-0.1, -0.05) is 18.8 Å². The van der Waals surface area contributed by atoms with E-state index in [9.17, 15) is 14.7 Å². The SMILES string of the molecule is COc1ccc(C#Cc2cnc3c(c2)C(=O)N([C@H](C)CO)C[C@H](C)[C@H](CN(C)C(=O)CN(C)C)O3)cc1. The number of hydrogen-bond acceptors (Lipinski definition) is 7. The number of likely N-dealkylation sites (N-methyl/N-ethyl adjacent to an activating group) is 2. The van der Waals surface area contributed by atoms with Crippen molar-refractivity contribution < 1.29 is 24.2 Å². The van der Waals surface area contributed by atoms with Crippen LogP contribution in [-0.4, -0.2) is 103 Å². The molecule has 2 heterocycles. The van der Waals surface area contributed by atoms with E-state index in [2.05, 4.69) is 16.8 Å². The molecular formula is C28H36N4O5. The number of carbonyl (C=O) groups excluding carboxylic acids is 2. The molecule has 3 rings (SSSR count). The van der Waals surface area contributed by atoms with Crippen LogP contribution in [-0.2, 0) is 4.79 Å². The van der Waals surface area contributed by atoms with E-state index < -0.39 is 12.1 Å². The average molecular weight is 509 g/mol. The molecule has 0 fully saturated rings. The highest BCUT2D eigenvalue weighted by Crippen LogP contribution is 2.27. The Bertz CT molecular complexity index is 1160. The van der Waals surface area contributed by atoms with Gasteiger partial charge >= 0.3 is 0 Å². The third-order valence-corrected chi connectivity index (χ3v) is 6.29. The van der Waals surface area contributed by atoms with Gasteiger partial charge in [-0.2, -0.15) is 0 Å². The molecule has 0 saturated carbocycles. The van der Waals surface area contributed by atoms with Crippen molar-refractivity contribution in [3.05, 3.63) is 53.2 Å². The summed E-state index contributed by atoms with van der Waals surface area (Å²) in [6, 6.07) is 8.64. The molecule has 1 aliphatic rings. The molecule has 9 heteroatoms. The van der Waals surface area contributed by atoms with Crippen LogP contribution in [0.4, 0.5) is 0 Å². The molecule has 9 nitrogen and oxygen atoms in total. The van der Waals surface area contributed by atoms with Gasteiger partial charge in [0, 0.05) is 36.8 Å². The molecule has 1 aliphatic heterocycles. The maximum atomic E-state index is 13.6. The Kier molecular flexibility index (Phi) is 9.50. The molecule has 198 valence electrons. The van der Waals surface area contributed by atoms with Crippen molar-refractivity contribution in [2.45, 2.75) is 26.0 Å². The zero-order valence-electron chi connectivity index (χ0n) is 22.4. The van der Waals surface area contributed by atoms with Crippen molar-refractivity contribution in [2.75, 3.05) is 54.5 Å². The van der Waals surface area contributed by atoms with Gasteiger partial charge in [0.25, 0.3) is 5.91 Å². The molecule has 0 unspecified atom stereocenters. The van der Waals surface area contributed by atoms with E-state index >= 15 is 0 Å². The largest absolute Gasteiger partial charge is 0.497 e. The van der Waals surface area contributed by atoms with Crippen molar-refractivity contribution in [3.8, 4) is 23.5 Å². The molecule has 3 atom stereocenters. The first-order valence-electron chi connectivity index (χ1n) is 12.3. The summed E-state index contributed by atoms with van der Waals surface area (Å²) in [5.41, 5.74) is 1.64. The van der Waals surface area contributed by atoms with E-state index in [-0.39, 0.29) is 42.3 Å². The van der Waals surface area contributed by atoms with Crippen molar-refractivity contribution in [1.82, 2.24) is 19.7 Å². The third-order valence-electron chi connectivity index (χ3n) is 6.29. The molecule has 37 heavy (non-hydrogen) atoms. The number of methoxy groups -OCH3 is 1. The Morgan fingerprint density at radius 2 is 1.92 bits per heavy atom. The topological polar surface area (TPSA) is 95.4 Å². The summed E-state index contributed by atoms with van der Waals surface area (Å²) < 4.78 is 11.4. The number of hydrogen-bond donors (Lipinski definition) is 1. The number of aliphatic hydroxyl groups is 1. The van der Waals surface area contributed by atoms with Gasteiger partial charge in [0.05, 0.1) is 32.8 Å². The molecule has 2 aromatic rings. The number of benzene rings is 1. The van der Waals surface area contributed by atoms with Crippen LogP contribution in [0.1, 0.15) is 35.3 Å². The molecule has 1 aromatic carbocycles. The van der Waals surface area contributed by atoms with Crippen molar-refractivity contribution in [3.63, 3.8) is 0 Å². The highest BCUT2D eigenvalue weighted by Gasteiger charge is 2.34. The highest BCUT2D eigenvalue weighted by molar-refractivity contribution is 5.97. The molecule has 0 radical (unpaired) electrons. The number of carbonyl (C=O) groups is 2. The van der Waals surface area contributed by atoms with E-state index in [1.165, 1.54) is 0 Å². The van der Waals surface area contributed by atoms with Crippen molar-refractivity contribution in [2.24, 2.45) is 5.92 Å². The normalized spacial score (nSPS) is 18.1. The minimum Gasteiger partial charge on any atom is -0.497 e. The van der Waals surface area contributed by atoms with E-state index in [0.29, 0.717) is 18.7 Å². The van der Waals surface area contributed by atoms with Gasteiger partial charge < -0.3 is 29.3 Å². The van der Waals surface area contributed by atoms with Crippen LogP contribution in [0.3, 0.4) is 0 Å². The summed E-state index contributed by atoms with van der Waals surface area (Å²) in [4.78, 5) is 35.7. The molecule has 1 aromatic heterocycles. The number of nitrogens with zero attached hydrogens (tertiary/aromatic N) is 4. The third kappa shape index (κ3) is 7.21. The Morgan fingerprint density at radius 1 is 1.24 bits per heavy atom. The number of aromatic nitrogens is 1. The summed E-state index contributed by atoms with van der Waals surface area (Å²) in [5.74, 6) is 6.65. The monoisotopic (exact) mass is 508 g/mol. The Hall–Kier alpha value is -3.61. The van der Waals surface area contributed by atoms with Gasteiger partial charge in [-0.3, -0.25) is 9.59 Å². The number of fused-ring (bicyclic) bond motifs is 1. The molecule has 0 spiro atoms. The van der Waals surface area contributed by atoms with E-state index in [1.54, 1.807) is 43.1 Å². The fourth-order valence-electron chi connectivity index (χ4n) is 3.97. The Morgan fingerprint density at radius 3 is 2.54 bits per heavy atom. The second-order valence-electron chi connectivity index (χ2n) is 9.69. The van der Waals surface area contributed by atoms with Crippen LogP contribution < -0.4 is 9.47 Å². The number of ether oxygens (including phenoxy) is 2. The van der Waals surface area contributed by atoms with Crippen LogP contribution in [0.25, 0.3) is 0 Å². The van der Waals surface area contributed by atoms with Gasteiger partial charge in [0.1, 0.15) is 17.4 Å². The first kappa shape index (κ1) is 28.0. The lowest BCUT2D eigenvalue weighted by molar-refractivity contribution is -0.132. The van der Waals surface area contributed by atoms with Crippen molar-refractivity contribution in [1.29, 1.82) is 0 Å². The smallest absolute Gasteiger partial charge is 0.259 e. The summed E-state index contributed by atoms with van der Waals surface area (Å²) in [7, 11) is 7.03. The van der Waals surface area contributed by atoms with Gasteiger partial charge in [-0.25, -0.2) is 4.98 Å². The summed E-state index contributed by atoms with van der Waals surface area (Å²) in [6.45, 7) is 4.58. The summed E-state index contributed by atoms with van der Waals surface area (Å²) >= 11 is 0. The maximum absolute atomic E-state index is 13.6. The highest BCUT2D eigenvalue weighted by atomic mass is 16.5. The second kappa shape index (κ2) is 12.6. The van der Waals surface area contributed by atoms with Crippen LogP contribution in [0.15, 0.2) is 36.5 Å². The summed E-state index contributed by atoms with van der Waals surface area (Å²) in [6.07, 6.45) is 1.17. The fraction of sp³-hybridized carbons (Fsp3) is 0.464. The maximum Gasteiger partial charge on any atom is 0.259 e. The minimum absolute atomic E-state index is 0.0307. The Labute approximate surface area is 219 Å². The van der Waals surface area contributed by atoms with Gasteiger partial charge in [0.15, 0.2) is 0 Å². The Balaban J connectivity index is 1.94. The van der Waals surface area contributed by atoms with Crippen LogP contribution >= 0.6 is 0 Å². The molecule has 1 N–H and O–H groups in total. The molecule has 2 amide bonds. The van der Waals surface area contributed by atoms with E-state index in [4.69, 9.17) is 9.47 Å². The summed E-state index contributed by atoms with van der Waals surface area (Å²) in [5, 5.41) is 9.84. The quantitative estimate of drug-likeness (QED) is 0.569. The molecule has 0 aliphatic carbocycles. The van der Waals surface area contributed by atoms with E-state index in [1.807, 2.05) is 50.2 Å². The van der Waals surface area contributed by atoms with Crippen LogP contribution in [0.5, 0.6) is 11.6 Å². The lowest BCUT2D eigenvalue weighted by Crippen LogP contribution is -2.51. The van der Waals surface area contributed by atoms with Gasteiger partial charge in [-0.15, -0.1) is 0 Å². The van der Waals surface area contributed by atoms with Crippen LogP contribution in [0.2, 0.25) is 0 Å². The zero-order valence-corrected chi connectivity index (χ0v) is 22.4. The first-order chi connectivity index (χ1) is 17.6. The standard InChI is InChI=1S/C28H36N4O5/c1-19-15-32(20(2)18-33)28(35)24-13-22(8-7-21-9-11-23(36-6)12-10-21)14-29-27(24)37-25(19)16-31(5)26(34)17-30(3)4/h9-14,19-20,25,33H,15-18H2,1-6H3/t19-,20+,25-/m0/s1. The molecule has 0 bridgehead atoms. The fourth-order valence-corrected chi connectivity index (χ4v) is 3.97. The number of amides is 2. The zero-order chi connectivity index (χ0) is 27.1. The van der Waals surface area contributed by atoms with Gasteiger partial charge in [-0.05, 0) is 51.4 Å². The van der Waals surface area contributed by atoms with E-state index in [0.717, 1.165) is 11.3 Å². The lowest BCUT2D eigenvalue weighted by atomic mass is 10.00. The van der Waals surface area contributed by atoms with Crippen LogP contribution in [0, 0.1) is 17.8 Å². The first-order valence-corrected chi connectivity index (χ1v) is 12.3.